The van der Waals surface area contributed by atoms with Crippen LogP contribution in [-0.4, -0.2) is 84.7 Å². The van der Waals surface area contributed by atoms with Crippen LogP contribution in [-0.2, 0) is 9.47 Å². The summed E-state index contributed by atoms with van der Waals surface area (Å²) in [6.07, 6.45) is 0. The van der Waals surface area contributed by atoms with Crippen molar-refractivity contribution in [2.75, 3.05) is 73.0 Å². The molecule has 12 heteroatoms. The fourth-order valence-corrected chi connectivity index (χ4v) is 3.98. The molecule has 2 fully saturated rings. The molecule has 2 aromatic carbocycles. The number of nitrogens with zero attached hydrogens (tertiary/aromatic N) is 5. The number of amides is 2. The predicted molar refractivity (Wildman–Crippen MR) is 160 cm³/mol. The maximum Gasteiger partial charge on any atom is 0.335 e. The number of carboxylic acids is 1. The Morgan fingerprint density at radius 1 is 0.683 bits per heavy atom. The highest BCUT2D eigenvalue weighted by molar-refractivity contribution is 6.00. The average Bonchev–Trinajstić information content (AvgIpc) is 3.04. The Bertz CT molecular complexity index is 1210. The number of ether oxygens (including phenoxy) is 2. The molecular formula is C29H39N7O5. The van der Waals surface area contributed by atoms with Crippen LogP contribution in [0.5, 0.6) is 0 Å². The van der Waals surface area contributed by atoms with Crippen LogP contribution >= 0.6 is 0 Å². The quantitative estimate of drug-likeness (QED) is 0.388. The zero-order chi connectivity index (χ0) is 29.6. The third-order valence-electron chi connectivity index (χ3n) is 5.99. The van der Waals surface area contributed by atoms with E-state index in [0.717, 1.165) is 5.56 Å². The lowest BCUT2D eigenvalue weighted by Crippen LogP contribution is -2.40. The lowest BCUT2D eigenvalue weighted by molar-refractivity contribution is 0.0697. The second-order valence-corrected chi connectivity index (χ2v) is 8.50. The molecule has 0 bridgehead atoms. The third-order valence-corrected chi connectivity index (χ3v) is 5.99. The molecule has 2 saturated heterocycles. The number of nitrogens with one attached hydrogen (secondary N) is 2. The van der Waals surface area contributed by atoms with Gasteiger partial charge in [0.1, 0.15) is 0 Å². The van der Waals surface area contributed by atoms with Crippen LogP contribution in [0.25, 0.3) is 11.4 Å². The normalized spacial score (nSPS) is 14.5. The molecule has 2 aliphatic rings. The Morgan fingerprint density at radius 3 is 1.51 bits per heavy atom. The van der Waals surface area contributed by atoms with Crippen molar-refractivity contribution in [3.63, 3.8) is 0 Å². The summed E-state index contributed by atoms with van der Waals surface area (Å²) < 4.78 is 11.0. The molecule has 0 atom stereocenters. The number of hydrogen-bond acceptors (Lipinski definition) is 9. The van der Waals surface area contributed by atoms with E-state index in [2.05, 4.69) is 20.4 Å². The first kappa shape index (κ1) is 31.2. The van der Waals surface area contributed by atoms with Gasteiger partial charge >= 0.3 is 12.0 Å². The first-order valence-corrected chi connectivity index (χ1v) is 14.0. The van der Waals surface area contributed by atoms with Crippen molar-refractivity contribution in [2.45, 2.75) is 27.7 Å². The number of aromatic carboxylic acids is 1. The van der Waals surface area contributed by atoms with Crippen LogP contribution in [0.4, 0.5) is 28.1 Å². The number of carbonyl (C=O) groups excluding carboxylic acids is 1. The second kappa shape index (κ2) is 16.1. The number of rotatable bonds is 6. The lowest BCUT2D eigenvalue weighted by atomic mass is 10.2. The number of morpholine rings is 2. The standard InChI is InChI=1S/C25H27N7O5.2C2H6/c33-22(34)18-3-7-20(8-4-18)27-25(35)26-19-5-1-17(2-6-19)21-28-23(31-9-13-36-14-10-31)30-24(29-21)32-11-15-37-16-12-32;2*1-2/h1-8H,9-16H2,(H,33,34)(H2,26,27,35);2*1-2H3. The lowest BCUT2D eigenvalue weighted by Gasteiger charge is -2.30. The molecule has 2 amide bonds. The van der Waals surface area contributed by atoms with Gasteiger partial charge in [0.15, 0.2) is 5.82 Å². The van der Waals surface area contributed by atoms with Gasteiger partial charge in [-0.25, -0.2) is 9.59 Å². The highest BCUT2D eigenvalue weighted by Gasteiger charge is 2.21. The highest BCUT2D eigenvalue weighted by Crippen LogP contribution is 2.24. The van der Waals surface area contributed by atoms with E-state index in [1.807, 2.05) is 39.8 Å². The van der Waals surface area contributed by atoms with Crippen molar-refractivity contribution in [2.24, 2.45) is 0 Å². The van der Waals surface area contributed by atoms with Gasteiger partial charge in [-0.15, -0.1) is 0 Å². The van der Waals surface area contributed by atoms with Crippen molar-refractivity contribution in [1.82, 2.24) is 15.0 Å². The zero-order valence-electron chi connectivity index (χ0n) is 24.1. The van der Waals surface area contributed by atoms with E-state index in [0.29, 0.717) is 81.7 Å². The molecule has 0 radical (unpaired) electrons. The molecule has 0 spiro atoms. The molecule has 0 unspecified atom stereocenters. The van der Waals surface area contributed by atoms with Crippen molar-refractivity contribution in [3.8, 4) is 11.4 Å². The van der Waals surface area contributed by atoms with Gasteiger partial charge in [-0.3, -0.25) is 0 Å². The van der Waals surface area contributed by atoms with Crippen molar-refractivity contribution in [3.05, 3.63) is 54.1 Å². The van der Waals surface area contributed by atoms with Crippen molar-refractivity contribution < 1.29 is 24.2 Å². The molecule has 41 heavy (non-hydrogen) atoms. The summed E-state index contributed by atoms with van der Waals surface area (Å²) >= 11 is 0. The molecule has 1 aromatic heterocycles. The molecule has 12 nitrogen and oxygen atoms in total. The molecule has 3 heterocycles. The van der Waals surface area contributed by atoms with E-state index in [9.17, 15) is 9.59 Å². The predicted octanol–water partition coefficient (Wildman–Crippen LogP) is 4.61. The first-order valence-electron chi connectivity index (χ1n) is 14.0. The fourth-order valence-electron chi connectivity index (χ4n) is 3.98. The summed E-state index contributed by atoms with van der Waals surface area (Å²) in [7, 11) is 0. The minimum atomic E-state index is -1.02. The van der Waals surface area contributed by atoms with Crippen molar-refractivity contribution >= 4 is 35.3 Å². The average molecular weight is 566 g/mol. The summed E-state index contributed by atoms with van der Waals surface area (Å²) in [5.74, 6) is 0.756. The Kier molecular flexibility index (Phi) is 12.3. The smallest absolute Gasteiger partial charge is 0.335 e. The Labute approximate surface area is 240 Å². The van der Waals surface area contributed by atoms with Gasteiger partial charge < -0.3 is 35.0 Å². The Morgan fingerprint density at radius 2 is 1.10 bits per heavy atom. The minimum Gasteiger partial charge on any atom is -0.478 e. The van der Waals surface area contributed by atoms with Gasteiger partial charge in [0, 0.05) is 43.1 Å². The summed E-state index contributed by atoms with van der Waals surface area (Å²) in [4.78, 5) is 41.8. The van der Waals surface area contributed by atoms with Crippen LogP contribution in [0.15, 0.2) is 48.5 Å². The maximum atomic E-state index is 12.4. The third kappa shape index (κ3) is 8.85. The van der Waals surface area contributed by atoms with Crippen molar-refractivity contribution in [1.29, 1.82) is 0 Å². The maximum absolute atomic E-state index is 12.4. The number of anilines is 4. The van der Waals surface area contributed by atoms with Gasteiger partial charge in [0.2, 0.25) is 11.9 Å². The van der Waals surface area contributed by atoms with E-state index < -0.39 is 12.0 Å². The van der Waals surface area contributed by atoms with E-state index in [1.165, 1.54) is 24.3 Å². The number of benzene rings is 2. The number of urea groups is 1. The first-order chi connectivity index (χ1) is 20.0. The second-order valence-electron chi connectivity index (χ2n) is 8.50. The molecule has 0 aliphatic carbocycles. The van der Waals surface area contributed by atoms with Gasteiger partial charge in [-0.2, -0.15) is 15.0 Å². The molecule has 5 rings (SSSR count). The van der Waals surface area contributed by atoms with E-state index in [1.54, 1.807) is 12.1 Å². The van der Waals surface area contributed by atoms with Crippen LogP contribution in [0.1, 0.15) is 38.1 Å². The Hall–Kier alpha value is -4.29. The molecule has 220 valence electrons. The molecule has 2 aliphatic heterocycles. The van der Waals surface area contributed by atoms with Gasteiger partial charge in [0.05, 0.1) is 32.0 Å². The molecular weight excluding hydrogens is 526 g/mol. The number of aromatic nitrogens is 3. The summed E-state index contributed by atoms with van der Waals surface area (Å²) in [6, 6.07) is 12.7. The minimum absolute atomic E-state index is 0.147. The van der Waals surface area contributed by atoms with E-state index in [-0.39, 0.29) is 5.56 Å². The van der Waals surface area contributed by atoms with Crippen LogP contribution in [0.3, 0.4) is 0 Å². The SMILES string of the molecule is CC.CC.O=C(Nc1ccc(C(=O)O)cc1)Nc1ccc(-c2nc(N3CCOCC3)nc(N3CCOCC3)n2)cc1. The number of hydrogen-bond donors (Lipinski definition) is 3. The molecule has 3 aromatic rings. The number of carbonyl (C=O) groups is 2. The summed E-state index contributed by atoms with van der Waals surface area (Å²) in [6.45, 7) is 13.3. The molecule has 3 N–H and O–H groups in total. The summed E-state index contributed by atoms with van der Waals surface area (Å²) in [5.41, 5.74) is 2.00. The fraction of sp³-hybridized carbons (Fsp3) is 0.414. The summed E-state index contributed by atoms with van der Waals surface area (Å²) in [5, 5.41) is 14.4. The monoisotopic (exact) mass is 565 g/mol. The van der Waals surface area contributed by atoms with Gasteiger partial charge in [-0.05, 0) is 48.5 Å². The van der Waals surface area contributed by atoms with Gasteiger partial charge in [0.25, 0.3) is 0 Å². The molecule has 0 saturated carbocycles. The van der Waals surface area contributed by atoms with Crippen LogP contribution in [0.2, 0.25) is 0 Å². The van der Waals surface area contributed by atoms with Gasteiger partial charge in [-0.1, -0.05) is 27.7 Å². The van der Waals surface area contributed by atoms with E-state index >= 15 is 0 Å². The Balaban J connectivity index is 0.00000111. The van der Waals surface area contributed by atoms with E-state index in [4.69, 9.17) is 29.5 Å². The zero-order valence-corrected chi connectivity index (χ0v) is 24.1. The highest BCUT2D eigenvalue weighted by atomic mass is 16.5. The van der Waals surface area contributed by atoms with Crippen LogP contribution in [0, 0.1) is 0 Å². The number of carboxylic acid groups (broad SMARTS) is 1. The van der Waals surface area contributed by atoms with Crippen LogP contribution < -0.4 is 20.4 Å². The topological polar surface area (TPSA) is 142 Å². The largest absolute Gasteiger partial charge is 0.478 e.